The van der Waals surface area contributed by atoms with Crippen LogP contribution in [0.2, 0.25) is 0 Å². The molecule has 17 heavy (non-hydrogen) atoms. The highest BCUT2D eigenvalue weighted by molar-refractivity contribution is 5.34. The van der Waals surface area contributed by atoms with Gasteiger partial charge >= 0.3 is 0 Å². The zero-order chi connectivity index (χ0) is 13.1. The first-order valence-electron chi connectivity index (χ1n) is 6.01. The molecule has 96 valence electrons. The summed E-state index contributed by atoms with van der Waals surface area (Å²) >= 11 is 0. The molecule has 1 aromatic rings. The molecule has 0 heterocycles. The maximum absolute atomic E-state index is 12.8. The maximum Gasteiger partial charge on any atom is 0.126 e. The highest BCUT2D eigenvalue weighted by Crippen LogP contribution is 2.25. The van der Waals surface area contributed by atoms with E-state index in [1.807, 2.05) is 6.92 Å². The summed E-state index contributed by atoms with van der Waals surface area (Å²) in [5, 5.41) is 13.0. The minimum Gasteiger partial charge on any atom is -0.508 e. The van der Waals surface area contributed by atoms with Crippen molar-refractivity contribution in [2.45, 2.75) is 40.2 Å². The normalized spacial score (nSPS) is 13.7. The van der Waals surface area contributed by atoms with E-state index >= 15 is 0 Å². The van der Waals surface area contributed by atoms with Crippen LogP contribution in [-0.4, -0.2) is 11.7 Å². The Hall–Kier alpha value is -1.09. The molecule has 0 aliphatic rings. The molecule has 0 radical (unpaired) electrons. The molecule has 0 aliphatic heterocycles. The lowest BCUT2D eigenvalue weighted by Gasteiger charge is -2.21. The van der Waals surface area contributed by atoms with Crippen molar-refractivity contribution in [3.63, 3.8) is 0 Å². The summed E-state index contributed by atoms with van der Waals surface area (Å²) in [4.78, 5) is 0. The second kappa shape index (κ2) is 5.50. The molecule has 3 heteroatoms. The van der Waals surface area contributed by atoms with E-state index in [0.717, 1.165) is 24.6 Å². The van der Waals surface area contributed by atoms with Crippen molar-refractivity contribution in [3.05, 3.63) is 29.6 Å². The van der Waals surface area contributed by atoms with Crippen LogP contribution in [0, 0.1) is 11.2 Å². The van der Waals surface area contributed by atoms with Crippen molar-refractivity contribution in [1.82, 2.24) is 5.32 Å². The number of rotatable bonds is 4. The number of aromatic hydroxyl groups is 1. The average Bonchev–Trinajstić information content (AvgIpc) is 2.15. The number of phenols is 1. The molecule has 0 aliphatic carbocycles. The monoisotopic (exact) mass is 239 g/mol. The van der Waals surface area contributed by atoms with Gasteiger partial charge in [0.15, 0.2) is 0 Å². The molecule has 0 saturated heterocycles. The van der Waals surface area contributed by atoms with E-state index < -0.39 is 5.82 Å². The predicted octanol–water partition coefficient (Wildman–Crippen LogP) is 3.62. The van der Waals surface area contributed by atoms with E-state index in [-0.39, 0.29) is 17.2 Å². The van der Waals surface area contributed by atoms with Crippen LogP contribution in [-0.2, 0) is 0 Å². The molecule has 0 aromatic heterocycles. The van der Waals surface area contributed by atoms with Crippen LogP contribution in [0.25, 0.3) is 0 Å². The summed E-state index contributed by atoms with van der Waals surface area (Å²) in [6.45, 7) is 9.41. The van der Waals surface area contributed by atoms with E-state index in [1.54, 1.807) is 6.07 Å². The number of nitrogens with one attached hydrogen (secondary N) is 1. The molecule has 0 spiro atoms. The third kappa shape index (κ3) is 4.73. The van der Waals surface area contributed by atoms with Crippen LogP contribution in [0.15, 0.2) is 18.2 Å². The molecule has 2 N–H and O–H groups in total. The molecule has 0 bridgehead atoms. The van der Waals surface area contributed by atoms with Crippen molar-refractivity contribution in [2.75, 3.05) is 6.54 Å². The standard InChI is InChI=1S/C14H22FNO/c1-10(16-8-7-14(2,3)4)12-6-5-11(15)9-13(12)17/h5-6,9-10,16-17H,7-8H2,1-4H3. The van der Waals surface area contributed by atoms with Gasteiger partial charge in [0.2, 0.25) is 0 Å². The fourth-order valence-electron chi connectivity index (χ4n) is 1.66. The first kappa shape index (κ1) is 14.0. The van der Waals surface area contributed by atoms with E-state index in [1.165, 1.54) is 6.07 Å². The number of hydrogen-bond donors (Lipinski definition) is 2. The molecule has 2 nitrogen and oxygen atoms in total. The Morgan fingerprint density at radius 3 is 2.53 bits per heavy atom. The molecule has 0 saturated carbocycles. The van der Waals surface area contributed by atoms with Crippen molar-refractivity contribution in [2.24, 2.45) is 5.41 Å². The van der Waals surface area contributed by atoms with Crippen LogP contribution >= 0.6 is 0 Å². The van der Waals surface area contributed by atoms with Gasteiger partial charge in [0.25, 0.3) is 0 Å². The minimum absolute atomic E-state index is 0.0146. The molecule has 0 amide bonds. The second-order valence-electron chi connectivity index (χ2n) is 5.69. The van der Waals surface area contributed by atoms with Crippen molar-refractivity contribution >= 4 is 0 Å². The molecular formula is C14H22FNO. The number of halogens is 1. The molecule has 1 atom stereocenters. The fourth-order valence-corrected chi connectivity index (χ4v) is 1.66. The van der Waals surface area contributed by atoms with Crippen molar-refractivity contribution in [3.8, 4) is 5.75 Å². The van der Waals surface area contributed by atoms with Gasteiger partial charge in [-0.2, -0.15) is 0 Å². The zero-order valence-corrected chi connectivity index (χ0v) is 11.0. The third-order valence-corrected chi connectivity index (χ3v) is 2.78. The summed E-state index contributed by atoms with van der Waals surface area (Å²) in [7, 11) is 0. The topological polar surface area (TPSA) is 32.3 Å². The largest absolute Gasteiger partial charge is 0.508 e. The van der Waals surface area contributed by atoms with E-state index in [0.29, 0.717) is 0 Å². The number of phenolic OH excluding ortho intramolecular Hbond substituents is 1. The van der Waals surface area contributed by atoms with Crippen molar-refractivity contribution in [1.29, 1.82) is 0 Å². The lowest BCUT2D eigenvalue weighted by molar-refractivity contribution is 0.356. The van der Waals surface area contributed by atoms with Gasteiger partial charge in [0, 0.05) is 17.7 Å². The van der Waals surface area contributed by atoms with E-state index in [4.69, 9.17) is 0 Å². The molecule has 1 rings (SSSR count). The quantitative estimate of drug-likeness (QED) is 0.841. The van der Waals surface area contributed by atoms with Crippen LogP contribution in [0.4, 0.5) is 4.39 Å². The summed E-state index contributed by atoms with van der Waals surface area (Å²) < 4.78 is 12.8. The third-order valence-electron chi connectivity index (χ3n) is 2.78. The fraction of sp³-hybridized carbons (Fsp3) is 0.571. The highest BCUT2D eigenvalue weighted by atomic mass is 19.1. The van der Waals surface area contributed by atoms with Crippen molar-refractivity contribution < 1.29 is 9.50 Å². The summed E-state index contributed by atoms with van der Waals surface area (Å²) in [6, 6.07) is 4.17. The van der Waals surface area contributed by atoms with Crippen LogP contribution in [0.3, 0.4) is 0 Å². The zero-order valence-electron chi connectivity index (χ0n) is 11.0. The van der Waals surface area contributed by atoms with Gasteiger partial charge in [0.05, 0.1) is 0 Å². The van der Waals surface area contributed by atoms with Gasteiger partial charge in [-0.3, -0.25) is 0 Å². The summed E-state index contributed by atoms with van der Waals surface area (Å²) in [6.07, 6.45) is 1.05. The SMILES string of the molecule is CC(NCCC(C)(C)C)c1ccc(F)cc1O. The maximum atomic E-state index is 12.8. The van der Waals surface area contributed by atoms with E-state index in [2.05, 4.69) is 26.1 Å². The Bertz CT molecular complexity index is 371. The molecule has 1 aromatic carbocycles. The summed E-state index contributed by atoms with van der Waals surface area (Å²) in [5.74, 6) is -0.395. The Morgan fingerprint density at radius 2 is 2.00 bits per heavy atom. The molecular weight excluding hydrogens is 217 g/mol. The van der Waals surface area contributed by atoms with Gasteiger partial charge in [-0.25, -0.2) is 4.39 Å². The lowest BCUT2D eigenvalue weighted by atomic mass is 9.92. The van der Waals surface area contributed by atoms with Crippen LogP contribution in [0.1, 0.15) is 45.7 Å². The van der Waals surface area contributed by atoms with Crippen LogP contribution < -0.4 is 5.32 Å². The minimum atomic E-state index is -0.409. The number of hydrogen-bond acceptors (Lipinski definition) is 2. The smallest absolute Gasteiger partial charge is 0.126 e. The summed E-state index contributed by atoms with van der Waals surface area (Å²) in [5.41, 5.74) is 1.03. The number of benzene rings is 1. The molecule has 0 fully saturated rings. The first-order chi connectivity index (χ1) is 7.79. The van der Waals surface area contributed by atoms with Gasteiger partial charge < -0.3 is 10.4 Å². The van der Waals surface area contributed by atoms with Crippen LogP contribution in [0.5, 0.6) is 5.75 Å². The Morgan fingerprint density at radius 1 is 1.35 bits per heavy atom. The lowest BCUT2D eigenvalue weighted by Crippen LogP contribution is -2.23. The van der Waals surface area contributed by atoms with Gasteiger partial charge in [0.1, 0.15) is 11.6 Å². The van der Waals surface area contributed by atoms with Gasteiger partial charge in [-0.05, 0) is 31.4 Å². The van der Waals surface area contributed by atoms with Gasteiger partial charge in [-0.15, -0.1) is 0 Å². The Kier molecular flexibility index (Phi) is 4.52. The Labute approximate surface area is 103 Å². The highest BCUT2D eigenvalue weighted by Gasteiger charge is 2.13. The Balaban J connectivity index is 2.55. The second-order valence-corrected chi connectivity index (χ2v) is 5.69. The first-order valence-corrected chi connectivity index (χ1v) is 6.01. The van der Waals surface area contributed by atoms with E-state index in [9.17, 15) is 9.50 Å². The average molecular weight is 239 g/mol. The molecule has 1 unspecified atom stereocenters. The predicted molar refractivity (Wildman–Crippen MR) is 68.6 cm³/mol. The van der Waals surface area contributed by atoms with Gasteiger partial charge in [-0.1, -0.05) is 26.8 Å².